The molecule has 78 valence electrons. The Morgan fingerprint density at radius 2 is 2.33 bits per heavy atom. The minimum Gasteiger partial charge on any atom is -0.384 e. The number of rotatable bonds is 3. The van der Waals surface area contributed by atoms with Gasteiger partial charge in [0, 0.05) is 12.7 Å². The molecular weight excluding hydrogens is 208 g/mol. The Labute approximate surface area is 92.2 Å². The van der Waals surface area contributed by atoms with E-state index in [1.165, 1.54) is 11.1 Å². The van der Waals surface area contributed by atoms with Gasteiger partial charge in [-0.1, -0.05) is 0 Å². The summed E-state index contributed by atoms with van der Waals surface area (Å²) in [7, 11) is 0. The molecule has 0 amide bonds. The molecule has 0 atom stereocenters. The summed E-state index contributed by atoms with van der Waals surface area (Å²) in [6.45, 7) is 2.83. The Morgan fingerprint density at radius 3 is 3.00 bits per heavy atom. The van der Waals surface area contributed by atoms with Gasteiger partial charge in [-0.3, -0.25) is 0 Å². The molecule has 0 fully saturated rings. The van der Waals surface area contributed by atoms with Gasteiger partial charge in [0.2, 0.25) is 5.95 Å². The quantitative estimate of drug-likeness (QED) is 0.830. The van der Waals surface area contributed by atoms with E-state index in [1.807, 2.05) is 0 Å². The number of nitrogen functional groups attached to an aromatic ring is 1. The number of nitrogens with zero attached hydrogens (tertiary/aromatic N) is 2. The van der Waals surface area contributed by atoms with E-state index in [0.29, 0.717) is 11.8 Å². The van der Waals surface area contributed by atoms with E-state index in [2.05, 4.69) is 33.0 Å². The second-order valence-corrected chi connectivity index (χ2v) is 3.98. The second kappa shape index (κ2) is 4.27. The highest BCUT2D eigenvalue weighted by Gasteiger charge is 2.00. The van der Waals surface area contributed by atoms with E-state index in [-0.39, 0.29) is 0 Å². The van der Waals surface area contributed by atoms with E-state index in [4.69, 9.17) is 5.73 Å². The van der Waals surface area contributed by atoms with Crippen LogP contribution in [0.5, 0.6) is 0 Å². The maximum Gasteiger partial charge on any atom is 0.224 e. The largest absolute Gasteiger partial charge is 0.384 e. The summed E-state index contributed by atoms with van der Waals surface area (Å²) in [5.41, 5.74) is 8.11. The number of nitrogens with one attached hydrogen (secondary N) is 1. The molecule has 0 aliphatic carbocycles. The van der Waals surface area contributed by atoms with Crippen LogP contribution in [-0.2, 0) is 6.54 Å². The highest BCUT2D eigenvalue weighted by molar-refractivity contribution is 7.08. The van der Waals surface area contributed by atoms with Gasteiger partial charge in [0.15, 0.2) is 0 Å². The lowest BCUT2D eigenvalue weighted by molar-refractivity contribution is 1.05. The predicted molar refractivity (Wildman–Crippen MR) is 62.8 cm³/mol. The van der Waals surface area contributed by atoms with Crippen LogP contribution in [-0.4, -0.2) is 9.97 Å². The van der Waals surface area contributed by atoms with Crippen LogP contribution in [0.3, 0.4) is 0 Å². The van der Waals surface area contributed by atoms with Crippen molar-refractivity contribution in [1.82, 2.24) is 9.97 Å². The summed E-state index contributed by atoms with van der Waals surface area (Å²) in [4.78, 5) is 8.13. The molecule has 0 aliphatic rings. The van der Waals surface area contributed by atoms with Gasteiger partial charge >= 0.3 is 0 Å². The number of anilines is 2. The van der Waals surface area contributed by atoms with Crippen molar-refractivity contribution >= 4 is 23.1 Å². The monoisotopic (exact) mass is 220 g/mol. The molecule has 0 unspecified atom stereocenters. The summed E-state index contributed by atoms with van der Waals surface area (Å²) in [6, 6.07) is 1.67. The van der Waals surface area contributed by atoms with Gasteiger partial charge in [-0.15, -0.1) is 0 Å². The van der Waals surface area contributed by atoms with E-state index in [1.54, 1.807) is 23.6 Å². The zero-order valence-corrected chi connectivity index (χ0v) is 9.21. The van der Waals surface area contributed by atoms with Crippen molar-refractivity contribution in [1.29, 1.82) is 0 Å². The molecule has 2 rings (SSSR count). The lowest BCUT2D eigenvalue weighted by Gasteiger charge is -2.04. The summed E-state index contributed by atoms with van der Waals surface area (Å²) in [5, 5.41) is 7.38. The van der Waals surface area contributed by atoms with Gasteiger partial charge in [0.25, 0.3) is 0 Å². The summed E-state index contributed by atoms with van der Waals surface area (Å²) in [5.74, 6) is 1.05. The number of aryl methyl sites for hydroxylation is 1. The molecule has 2 heterocycles. The van der Waals surface area contributed by atoms with E-state index >= 15 is 0 Å². The minimum atomic E-state index is 0.481. The third kappa shape index (κ3) is 2.44. The topological polar surface area (TPSA) is 63.8 Å². The molecule has 0 saturated carbocycles. The van der Waals surface area contributed by atoms with Crippen LogP contribution in [0.25, 0.3) is 0 Å². The number of hydrogen-bond acceptors (Lipinski definition) is 5. The fraction of sp³-hybridized carbons (Fsp3) is 0.200. The molecule has 0 radical (unpaired) electrons. The number of hydrogen-bond donors (Lipinski definition) is 2. The summed E-state index contributed by atoms with van der Waals surface area (Å²) in [6.07, 6.45) is 1.64. The maximum absolute atomic E-state index is 5.55. The fourth-order valence-electron chi connectivity index (χ4n) is 1.20. The van der Waals surface area contributed by atoms with Gasteiger partial charge in [0.1, 0.15) is 5.82 Å². The minimum absolute atomic E-state index is 0.481. The Hall–Kier alpha value is -1.62. The van der Waals surface area contributed by atoms with E-state index < -0.39 is 0 Å². The lowest BCUT2D eigenvalue weighted by atomic mass is 10.2. The Bertz CT molecular complexity index is 452. The maximum atomic E-state index is 5.55. The zero-order chi connectivity index (χ0) is 10.7. The molecule has 2 aromatic rings. The lowest BCUT2D eigenvalue weighted by Crippen LogP contribution is -2.04. The molecule has 3 N–H and O–H groups in total. The van der Waals surface area contributed by atoms with Crippen molar-refractivity contribution < 1.29 is 0 Å². The van der Waals surface area contributed by atoms with Gasteiger partial charge in [-0.2, -0.15) is 16.3 Å². The molecule has 0 saturated heterocycles. The number of nitrogens with two attached hydrogens (primary N) is 1. The molecule has 5 heteroatoms. The van der Waals surface area contributed by atoms with Crippen molar-refractivity contribution in [3.05, 3.63) is 34.2 Å². The van der Waals surface area contributed by atoms with Crippen LogP contribution in [0.1, 0.15) is 11.1 Å². The van der Waals surface area contributed by atoms with Gasteiger partial charge in [0.05, 0.1) is 0 Å². The number of aromatic nitrogens is 2. The molecule has 0 aromatic carbocycles. The predicted octanol–water partition coefficient (Wildman–Crippen LogP) is 2.04. The van der Waals surface area contributed by atoms with Crippen LogP contribution in [0.4, 0.5) is 11.8 Å². The van der Waals surface area contributed by atoms with Crippen LogP contribution in [0, 0.1) is 6.92 Å². The fourth-order valence-corrected chi connectivity index (χ4v) is 2.06. The zero-order valence-electron chi connectivity index (χ0n) is 8.40. The van der Waals surface area contributed by atoms with Crippen molar-refractivity contribution in [2.75, 3.05) is 11.1 Å². The Balaban J connectivity index is 2.02. The molecule has 0 bridgehead atoms. The smallest absolute Gasteiger partial charge is 0.224 e. The van der Waals surface area contributed by atoms with Crippen LogP contribution >= 0.6 is 11.3 Å². The average molecular weight is 220 g/mol. The SMILES string of the molecule is Cc1cscc1CNc1nccc(N)n1. The highest BCUT2D eigenvalue weighted by Crippen LogP contribution is 2.14. The van der Waals surface area contributed by atoms with Gasteiger partial charge in [-0.25, -0.2) is 4.98 Å². The van der Waals surface area contributed by atoms with E-state index in [0.717, 1.165) is 6.54 Å². The standard InChI is InChI=1S/C10H12N4S/c1-7-5-15-6-8(7)4-13-10-12-3-2-9(11)14-10/h2-3,5-6H,4H2,1H3,(H3,11,12,13,14). The van der Waals surface area contributed by atoms with Gasteiger partial charge in [-0.05, 0) is 34.9 Å². The molecule has 0 spiro atoms. The normalized spacial score (nSPS) is 10.2. The first-order valence-corrected chi connectivity index (χ1v) is 5.54. The van der Waals surface area contributed by atoms with Gasteiger partial charge < -0.3 is 11.1 Å². The van der Waals surface area contributed by atoms with E-state index in [9.17, 15) is 0 Å². The third-order valence-electron chi connectivity index (χ3n) is 2.08. The summed E-state index contributed by atoms with van der Waals surface area (Å²) >= 11 is 1.70. The number of thiophene rings is 1. The first-order chi connectivity index (χ1) is 7.25. The average Bonchev–Trinajstić information content (AvgIpc) is 2.61. The third-order valence-corrected chi connectivity index (χ3v) is 2.99. The van der Waals surface area contributed by atoms with Crippen molar-refractivity contribution in [3.8, 4) is 0 Å². The molecule has 4 nitrogen and oxygen atoms in total. The van der Waals surface area contributed by atoms with Crippen molar-refractivity contribution in [2.45, 2.75) is 13.5 Å². The van der Waals surface area contributed by atoms with Crippen LogP contribution in [0.2, 0.25) is 0 Å². The molecule has 15 heavy (non-hydrogen) atoms. The first kappa shape index (κ1) is 9.92. The van der Waals surface area contributed by atoms with Crippen LogP contribution in [0.15, 0.2) is 23.0 Å². The highest BCUT2D eigenvalue weighted by atomic mass is 32.1. The summed E-state index contributed by atoms with van der Waals surface area (Å²) < 4.78 is 0. The Morgan fingerprint density at radius 1 is 1.47 bits per heavy atom. The van der Waals surface area contributed by atoms with Crippen LogP contribution < -0.4 is 11.1 Å². The molecule has 2 aromatic heterocycles. The first-order valence-electron chi connectivity index (χ1n) is 4.60. The van der Waals surface area contributed by atoms with Crippen molar-refractivity contribution in [2.24, 2.45) is 0 Å². The second-order valence-electron chi connectivity index (χ2n) is 3.24. The Kier molecular flexibility index (Phi) is 2.82. The molecular formula is C10H12N4S. The van der Waals surface area contributed by atoms with Crippen molar-refractivity contribution in [3.63, 3.8) is 0 Å². The molecule has 0 aliphatic heterocycles.